The summed E-state index contributed by atoms with van der Waals surface area (Å²) < 4.78 is 0. The first-order valence-corrected chi connectivity index (χ1v) is 6.54. The van der Waals surface area contributed by atoms with Crippen LogP contribution in [0.1, 0.15) is 26.7 Å². The molecule has 13 heavy (non-hydrogen) atoms. The molecule has 3 unspecified atom stereocenters. The van der Waals surface area contributed by atoms with Gasteiger partial charge in [0, 0.05) is 18.4 Å². The van der Waals surface area contributed by atoms with E-state index < -0.39 is 0 Å². The molecule has 2 heteroatoms. The SMILES string of the molecule is CCC(CBr)CN(C)CC1CC1C. The highest BCUT2D eigenvalue weighted by Crippen LogP contribution is 2.38. The number of halogens is 1. The van der Waals surface area contributed by atoms with E-state index in [-0.39, 0.29) is 0 Å². The van der Waals surface area contributed by atoms with Gasteiger partial charge in [0.1, 0.15) is 0 Å². The van der Waals surface area contributed by atoms with Crippen molar-refractivity contribution >= 4 is 15.9 Å². The second-order valence-corrected chi connectivity index (χ2v) is 5.27. The van der Waals surface area contributed by atoms with Gasteiger partial charge in [0.25, 0.3) is 0 Å². The van der Waals surface area contributed by atoms with Crippen LogP contribution >= 0.6 is 15.9 Å². The van der Waals surface area contributed by atoms with Crippen LogP contribution in [0.4, 0.5) is 0 Å². The molecule has 1 nitrogen and oxygen atoms in total. The summed E-state index contributed by atoms with van der Waals surface area (Å²) >= 11 is 3.57. The molecule has 1 aliphatic rings. The summed E-state index contributed by atoms with van der Waals surface area (Å²) in [5.41, 5.74) is 0. The van der Waals surface area contributed by atoms with Crippen LogP contribution in [0.5, 0.6) is 0 Å². The van der Waals surface area contributed by atoms with E-state index in [9.17, 15) is 0 Å². The lowest BCUT2D eigenvalue weighted by molar-refractivity contribution is 0.271. The zero-order valence-electron chi connectivity index (χ0n) is 9.09. The van der Waals surface area contributed by atoms with Crippen LogP contribution in [0.25, 0.3) is 0 Å². The van der Waals surface area contributed by atoms with Gasteiger partial charge in [-0.25, -0.2) is 0 Å². The van der Waals surface area contributed by atoms with Crippen molar-refractivity contribution in [3.63, 3.8) is 0 Å². The lowest BCUT2D eigenvalue weighted by Crippen LogP contribution is -2.28. The van der Waals surface area contributed by atoms with Gasteiger partial charge in [-0.05, 0) is 31.2 Å². The molecule has 0 saturated heterocycles. The van der Waals surface area contributed by atoms with Gasteiger partial charge in [0.15, 0.2) is 0 Å². The van der Waals surface area contributed by atoms with Crippen molar-refractivity contribution in [3.05, 3.63) is 0 Å². The van der Waals surface area contributed by atoms with Crippen LogP contribution in [0.3, 0.4) is 0 Å². The molecule has 0 aromatic heterocycles. The van der Waals surface area contributed by atoms with Crippen LogP contribution < -0.4 is 0 Å². The molecular formula is C11H22BrN. The number of hydrogen-bond acceptors (Lipinski definition) is 1. The molecule has 3 atom stereocenters. The molecule has 0 heterocycles. The van der Waals surface area contributed by atoms with E-state index in [1.807, 2.05) is 0 Å². The first-order valence-electron chi connectivity index (χ1n) is 5.41. The summed E-state index contributed by atoms with van der Waals surface area (Å²) in [4.78, 5) is 2.50. The Hall–Kier alpha value is 0.440. The van der Waals surface area contributed by atoms with Gasteiger partial charge in [-0.2, -0.15) is 0 Å². The van der Waals surface area contributed by atoms with Crippen LogP contribution in [-0.2, 0) is 0 Å². The predicted molar refractivity (Wildman–Crippen MR) is 62.3 cm³/mol. The third kappa shape index (κ3) is 3.99. The molecule has 1 aliphatic carbocycles. The summed E-state index contributed by atoms with van der Waals surface area (Å²) in [7, 11) is 2.26. The van der Waals surface area contributed by atoms with E-state index in [1.165, 1.54) is 25.9 Å². The maximum absolute atomic E-state index is 3.57. The maximum atomic E-state index is 3.57. The average molecular weight is 248 g/mol. The smallest absolute Gasteiger partial charge is 0.00717 e. The first-order chi connectivity index (χ1) is 6.17. The van der Waals surface area contributed by atoms with Gasteiger partial charge in [-0.3, -0.25) is 0 Å². The van der Waals surface area contributed by atoms with E-state index in [0.29, 0.717) is 0 Å². The van der Waals surface area contributed by atoms with Crippen LogP contribution in [0.15, 0.2) is 0 Å². The predicted octanol–water partition coefficient (Wildman–Crippen LogP) is 3.00. The van der Waals surface area contributed by atoms with Crippen molar-refractivity contribution in [2.24, 2.45) is 17.8 Å². The van der Waals surface area contributed by atoms with Gasteiger partial charge < -0.3 is 4.90 Å². The van der Waals surface area contributed by atoms with Crippen molar-refractivity contribution in [2.45, 2.75) is 26.7 Å². The van der Waals surface area contributed by atoms with E-state index in [1.54, 1.807) is 0 Å². The number of rotatable bonds is 6. The summed E-state index contributed by atoms with van der Waals surface area (Å²) in [5, 5.41) is 1.15. The Balaban J connectivity index is 2.12. The Kier molecular flexibility index (Phi) is 4.74. The van der Waals surface area contributed by atoms with Gasteiger partial charge >= 0.3 is 0 Å². The highest BCUT2D eigenvalue weighted by atomic mass is 79.9. The molecule has 0 aliphatic heterocycles. The second-order valence-electron chi connectivity index (χ2n) is 4.62. The molecule has 0 radical (unpaired) electrons. The van der Waals surface area contributed by atoms with Crippen LogP contribution in [0.2, 0.25) is 0 Å². The quantitative estimate of drug-likeness (QED) is 0.653. The van der Waals surface area contributed by atoms with Crippen molar-refractivity contribution in [1.29, 1.82) is 0 Å². The maximum Gasteiger partial charge on any atom is 0.00717 e. The fourth-order valence-electron chi connectivity index (χ4n) is 1.86. The Bertz CT molecular complexity index is 145. The highest BCUT2D eigenvalue weighted by molar-refractivity contribution is 9.09. The standard InChI is InChI=1S/C11H22BrN/c1-4-10(6-12)7-13(3)8-11-5-9(11)2/h9-11H,4-8H2,1-3H3. The Morgan fingerprint density at radius 2 is 2.15 bits per heavy atom. The fourth-order valence-corrected chi connectivity index (χ4v) is 2.52. The Morgan fingerprint density at radius 3 is 2.54 bits per heavy atom. The topological polar surface area (TPSA) is 3.24 Å². The third-order valence-electron chi connectivity index (χ3n) is 3.19. The molecule has 1 saturated carbocycles. The van der Waals surface area contributed by atoms with Gasteiger partial charge in [0.2, 0.25) is 0 Å². The number of hydrogen-bond donors (Lipinski definition) is 0. The van der Waals surface area contributed by atoms with E-state index >= 15 is 0 Å². The lowest BCUT2D eigenvalue weighted by atomic mass is 10.1. The van der Waals surface area contributed by atoms with Gasteiger partial charge in [-0.1, -0.05) is 36.2 Å². The molecule has 0 amide bonds. The van der Waals surface area contributed by atoms with E-state index in [0.717, 1.165) is 23.1 Å². The molecular weight excluding hydrogens is 226 g/mol. The van der Waals surface area contributed by atoms with Gasteiger partial charge in [0.05, 0.1) is 0 Å². The molecule has 0 bridgehead atoms. The molecule has 0 N–H and O–H groups in total. The minimum Gasteiger partial charge on any atom is -0.306 e. The monoisotopic (exact) mass is 247 g/mol. The minimum absolute atomic E-state index is 0.832. The summed E-state index contributed by atoms with van der Waals surface area (Å²) in [5.74, 6) is 2.82. The summed E-state index contributed by atoms with van der Waals surface area (Å²) in [6, 6.07) is 0. The first kappa shape index (κ1) is 11.5. The zero-order valence-corrected chi connectivity index (χ0v) is 10.7. The van der Waals surface area contributed by atoms with Crippen molar-refractivity contribution < 1.29 is 0 Å². The average Bonchev–Trinajstić information content (AvgIpc) is 2.77. The number of alkyl halides is 1. The molecule has 0 spiro atoms. The molecule has 78 valence electrons. The second kappa shape index (κ2) is 5.35. The minimum atomic E-state index is 0.832. The molecule has 1 fully saturated rings. The van der Waals surface area contributed by atoms with Crippen molar-refractivity contribution in [3.8, 4) is 0 Å². The summed E-state index contributed by atoms with van der Waals surface area (Å²) in [6.07, 6.45) is 2.74. The van der Waals surface area contributed by atoms with E-state index in [2.05, 4.69) is 41.7 Å². The summed E-state index contributed by atoms with van der Waals surface area (Å²) in [6.45, 7) is 7.20. The fraction of sp³-hybridized carbons (Fsp3) is 1.00. The molecule has 0 aromatic rings. The van der Waals surface area contributed by atoms with Crippen LogP contribution in [-0.4, -0.2) is 30.4 Å². The lowest BCUT2D eigenvalue weighted by Gasteiger charge is -2.21. The zero-order chi connectivity index (χ0) is 9.84. The highest BCUT2D eigenvalue weighted by Gasteiger charge is 2.33. The normalized spacial score (nSPS) is 29.3. The Morgan fingerprint density at radius 1 is 1.54 bits per heavy atom. The van der Waals surface area contributed by atoms with Crippen molar-refractivity contribution in [2.75, 3.05) is 25.5 Å². The van der Waals surface area contributed by atoms with Gasteiger partial charge in [-0.15, -0.1) is 0 Å². The third-order valence-corrected chi connectivity index (χ3v) is 4.10. The molecule has 1 rings (SSSR count). The Labute approximate surface area is 91.0 Å². The largest absolute Gasteiger partial charge is 0.306 e. The molecule has 0 aromatic carbocycles. The van der Waals surface area contributed by atoms with E-state index in [4.69, 9.17) is 0 Å². The number of nitrogens with zero attached hydrogens (tertiary/aromatic N) is 1. The van der Waals surface area contributed by atoms with Crippen LogP contribution in [0, 0.1) is 17.8 Å². The van der Waals surface area contributed by atoms with Crippen molar-refractivity contribution in [1.82, 2.24) is 4.90 Å².